The number of hydrogen-bond donors (Lipinski definition) is 3. The van der Waals surface area contributed by atoms with E-state index in [1.165, 1.54) is 0 Å². The van der Waals surface area contributed by atoms with Gasteiger partial charge in [-0.1, -0.05) is 12.1 Å². The molecule has 4 aliphatic rings. The zero-order chi connectivity index (χ0) is 20.8. The highest BCUT2D eigenvalue weighted by Crippen LogP contribution is 2.29. The summed E-state index contributed by atoms with van der Waals surface area (Å²) in [4.78, 5) is 52.0. The Balaban J connectivity index is 1.26. The van der Waals surface area contributed by atoms with Gasteiger partial charge < -0.3 is 15.5 Å². The molecule has 5 rings (SSSR count). The summed E-state index contributed by atoms with van der Waals surface area (Å²) >= 11 is 0. The lowest BCUT2D eigenvalue weighted by molar-refractivity contribution is -0.137. The number of imide groups is 1. The molecular formula is C21H25N5O4. The van der Waals surface area contributed by atoms with Crippen LogP contribution in [0.15, 0.2) is 18.2 Å². The van der Waals surface area contributed by atoms with E-state index < -0.39 is 11.9 Å². The molecule has 9 nitrogen and oxygen atoms in total. The number of rotatable bonds is 3. The summed E-state index contributed by atoms with van der Waals surface area (Å²) < 4.78 is 0. The van der Waals surface area contributed by atoms with Gasteiger partial charge in [0.1, 0.15) is 6.04 Å². The maximum atomic E-state index is 12.8. The van der Waals surface area contributed by atoms with E-state index in [9.17, 15) is 19.2 Å². The number of piperazine rings is 1. The third kappa shape index (κ3) is 3.48. The average Bonchev–Trinajstić information content (AvgIpc) is 3.03. The second-order valence-electron chi connectivity index (χ2n) is 8.58. The van der Waals surface area contributed by atoms with Crippen LogP contribution in [0.2, 0.25) is 0 Å². The Bertz CT molecular complexity index is 932. The summed E-state index contributed by atoms with van der Waals surface area (Å²) in [5.74, 6) is -0.778. The first-order valence-corrected chi connectivity index (χ1v) is 10.5. The first-order chi connectivity index (χ1) is 14.5. The summed E-state index contributed by atoms with van der Waals surface area (Å²) in [5, 5.41) is 8.71. The van der Waals surface area contributed by atoms with Crippen molar-refractivity contribution in [2.24, 2.45) is 0 Å². The standard InChI is InChI=1S/C21H25N5O4/c27-18-4-3-17(20(29)24-18)26-10-13-7-12(1-2-14(13)21(26)30)9-25-6-5-15-16(11-25)23-19(28)8-22-15/h1-2,7,15-17,22H,3-6,8-11H2,(H,23,28)(H,24,27,29)/t15-,16+,17?/m0/s1. The van der Waals surface area contributed by atoms with Gasteiger partial charge in [0, 0.05) is 44.2 Å². The number of benzene rings is 1. The van der Waals surface area contributed by atoms with Crippen molar-refractivity contribution < 1.29 is 19.2 Å². The molecule has 4 amide bonds. The topological polar surface area (TPSA) is 111 Å². The number of carbonyl (C=O) groups is 4. The molecule has 3 saturated heterocycles. The minimum absolute atomic E-state index is 0.0442. The van der Waals surface area contributed by atoms with Crippen LogP contribution in [0.1, 0.15) is 40.7 Å². The van der Waals surface area contributed by atoms with Gasteiger partial charge in [0.2, 0.25) is 17.7 Å². The molecule has 4 aliphatic heterocycles. The van der Waals surface area contributed by atoms with E-state index in [0.29, 0.717) is 31.1 Å². The quantitative estimate of drug-likeness (QED) is 0.557. The van der Waals surface area contributed by atoms with Gasteiger partial charge in [0.25, 0.3) is 5.91 Å². The van der Waals surface area contributed by atoms with Crippen molar-refractivity contribution in [2.75, 3.05) is 19.6 Å². The smallest absolute Gasteiger partial charge is 0.255 e. The molecule has 0 radical (unpaired) electrons. The van der Waals surface area contributed by atoms with Gasteiger partial charge in [-0.2, -0.15) is 0 Å². The fraction of sp³-hybridized carbons (Fsp3) is 0.524. The van der Waals surface area contributed by atoms with Crippen LogP contribution < -0.4 is 16.0 Å². The second kappa shape index (κ2) is 7.48. The largest absolute Gasteiger partial charge is 0.349 e. The van der Waals surface area contributed by atoms with Crippen molar-refractivity contribution in [3.8, 4) is 0 Å². The predicted molar refractivity (Wildman–Crippen MR) is 106 cm³/mol. The summed E-state index contributed by atoms with van der Waals surface area (Å²) in [6.45, 7) is 3.27. The number of amides is 4. The van der Waals surface area contributed by atoms with Gasteiger partial charge in [-0.15, -0.1) is 0 Å². The minimum Gasteiger partial charge on any atom is -0.349 e. The molecule has 158 valence electrons. The molecule has 0 saturated carbocycles. The van der Waals surface area contributed by atoms with Crippen molar-refractivity contribution in [1.82, 2.24) is 25.8 Å². The SMILES string of the molecule is O=C1CCC(N2Cc3cc(CN4CC[C@@H]5NCC(=O)N[C@@H]5C4)ccc3C2=O)C(=O)N1. The third-order valence-electron chi connectivity index (χ3n) is 6.56. The summed E-state index contributed by atoms with van der Waals surface area (Å²) in [7, 11) is 0. The Morgan fingerprint density at radius 3 is 2.73 bits per heavy atom. The van der Waals surface area contributed by atoms with Crippen LogP contribution in [-0.4, -0.2) is 71.2 Å². The molecule has 0 aromatic heterocycles. The van der Waals surface area contributed by atoms with Crippen LogP contribution in [0.4, 0.5) is 0 Å². The maximum absolute atomic E-state index is 12.8. The number of nitrogens with one attached hydrogen (secondary N) is 3. The molecule has 4 heterocycles. The molecule has 1 aromatic rings. The molecular weight excluding hydrogens is 386 g/mol. The molecule has 3 N–H and O–H groups in total. The Morgan fingerprint density at radius 1 is 1.03 bits per heavy atom. The fourth-order valence-corrected chi connectivity index (χ4v) is 5.02. The van der Waals surface area contributed by atoms with Crippen LogP contribution in [0.3, 0.4) is 0 Å². The molecule has 0 spiro atoms. The molecule has 0 bridgehead atoms. The molecule has 3 atom stereocenters. The van der Waals surface area contributed by atoms with Crippen LogP contribution in [0.5, 0.6) is 0 Å². The van der Waals surface area contributed by atoms with Crippen molar-refractivity contribution in [3.63, 3.8) is 0 Å². The first kappa shape index (κ1) is 19.2. The van der Waals surface area contributed by atoms with Crippen LogP contribution in [0.25, 0.3) is 0 Å². The Kier molecular flexibility index (Phi) is 4.79. The van der Waals surface area contributed by atoms with E-state index in [-0.39, 0.29) is 30.2 Å². The zero-order valence-electron chi connectivity index (χ0n) is 16.6. The van der Waals surface area contributed by atoms with Gasteiger partial charge in [-0.05, 0) is 30.0 Å². The Labute approximate surface area is 174 Å². The number of piperidine rings is 2. The molecule has 30 heavy (non-hydrogen) atoms. The monoisotopic (exact) mass is 411 g/mol. The maximum Gasteiger partial charge on any atom is 0.255 e. The number of fused-ring (bicyclic) bond motifs is 2. The first-order valence-electron chi connectivity index (χ1n) is 10.5. The summed E-state index contributed by atoms with van der Waals surface area (Å²) in [6, 6.07) is 5.72. The summed E-state index contributed by atoms with van der Waals surface area (Å²) in [5.41, 5.74) is 2.66. The summed E-state index contributed by atoms with van der Waals surface area (Å²) in [6.07, 6.45) is 1.61. The van der Waals surface area contributed by atoms with Crippen LogP contribution in [0, 0.1) is 0 Å². The lowest BCUT2D eigenvalue weighted by Crippen LogP contribution is -2.65. The van der Waals surface area contributed by atoms with Crippen molar-refractivity contribution >= 4 is 23.6 Å². The molecule has 1 unspecified atom stereocenters. The Morgan fingerprint density at radius 2 is 1.90 bits per heavy atom. The molecule has 9 heteroatoms. The van der Waals surface area contributed by atoms with Gasteiger partial charge in [-0.25, -0.2) is 0 Å². The number of nitrogens with zero attached hydrogens (tertiary/aromatic N) is 2. The van der Waals surface area contributed by atoms with Crippen LogP contribution in [-0.2, 0) is 27.5 Å². The highest BCUT2D eigenvalue weighted by atomic mass is 16.2. The van der Waals surface area contributed by atoms with Crippen molar-refractivity contribution in [3.05, 3.63) is 34.9 Å². The van der Waals surface area contributed by atoms with Crippen molar-refractivity contribution in [2.45, 2.75) is 50.5 Å². The van der Waals surface area contributed by atoms with Gasteiger partial charge in [0.05, 0.1) is 12.6 Å². The normalized spacial score (nSPS) is 29.3. The number of hydrogen-bond acceptors (Lipinski definition) is 6. The zero-order valence-corrected chi connectivity index (χ0v) is 16.6. The van der Waals surface area contributed by atoms with Gasteiger partial charge >= 0.3 is 0 Å². The molecule has 1 aromatic carbocycles. The van der Waals surface area contributed by atoms with E-state index in [2.05, 4.69) is 20.9 Å². The molecule has 0 aliphatic carbocycles. The predicted octanol–water partition coefficient (Wildman–Crippen LogP) is -0.890. The van der Waals surface area contributed by atoms with Gasteiger partial charge in [0.15, 0.2) is 0 Å². The number of likely N-dealkylation sites (tertiary alicyclic amines) is 1. The lowest BCUT2D eigenvalue weighted by Gasteiger charge is -2.41. The highest BCUT2D eigenvalue weighted by Gasteiger charge is 2.39. The average molecular weight is 411 g/mol. The van der Waals surface area contributed by atoms with E-state index >= 15 is 0 Å². The minimum atomic E-state index is -0.590. The lowest BCUT2D eigenvalue weighted by atomic mass is 9.96. The van der Waals surface area contributed by atoms with Gasteiger partial charge in [-0.3, -0.25) is 29.4 Å². The second-order valence-corrected chi connectivity index (χ2v) is 8.58. The van der Waals surface area contributed by atoms with E-state index in [1.807, 2.05) is 18.2 Å². The molecule has 3 fully saturated rings. The fourth-order valence-electron chi connectivity index (χ4n) is 5.02. The third-order valence-corrected chi connectivity index (χ3v) is 6.56. The van der Waals surface area contributed by atoms with Crippen LogP contribution >= 0.6 is 0 Å². The number of carbonyl (C=O) groups excluding carboxylic acids is 4. The highest BCUT2D eigenvalue weighted by molar-refractivity contribution is 6.05. The van der Waals surface area contributed by atoms with E-state index in [4.69, 9.17) is 0 Å². The van der Waals surface area contributed by atoms with Crippen molar-refractivity contribution in [1.29, 1.82) is 0 Å². The van der Waals surface area contributed by atoms with E-state index in [1.54, 1.807) is 4.90 Å². The Hall–Kier alpha value is -2.78. The van der Waals surface area contributed by atoms with E-state index in [0.717, 1.165) is 37.2 Å².